The first-order chi connectivity index (χ1) is 36.0. The van der Waals surface area contributed by atoms with Crippen LogP contribution in [0.1, 0.15) is 367 Å². The van der Waals surface area contributed by atoms with E-state index < -0.39 is 12.1 Å². The van der Waals surface area contributed by atoms with Crippen molar-refractivity contribution in [1.29, 1.82) is 0 Å². The summed E-state index contributed by atoms with van der Waals surface area (Å²) in [6, 6.07) is -0.536. The molecule has 1 amide bonds. The number of unbranched alkanes of at least 4 members (excludes halogenated alkanes) is 47. The molecule has 0 bridgehead atoms. The predicted molar refractivity (Wildman–Crippen MR) is 320 cm³/mol. The average molecular weight is 1030 g/mol. The van der Waals surface area contributed by atoms with E-state index in [-0.39, 0.29) is 18.5 Å². The molecule has 0 saturated carbocycles. The Morgan fingerprint density at radius 3 is 1.07 bits per heavy atom. The number of rotatable bonds is 62. The van der Waals surface area contributed by atoms with Gasteiger partial charge in [-0.25, -0.2) is 0 Å². The van der Waals surface area contributed by atoms with E-state index in [2.05, 4.69) is 43.5 Å². The number of hydrogen-bond donors (Lipinski definition) is 3. The maximum atomic E-state index is 12.4. The number of ether oxygens (including phenoxy) is 1. The number of nitrogens with one attached hydrogen (secondary N) is 1. The molecular formula is C67H129NO5. The fourth-order valence-electron chi connectivity index (χ4n) is 10.4. The molecule has 0 aromatic carbocycles. The van der Waals surface area contributed by atoms with Gasteiger partial charge in [-0.05, 0) is 57.8 Å². The molecule has 0 saturated heterocycles. The lowest BCUT2D eigenvalue weighted by molar-refractivity contribution is -0.143. The zero-order valence-corrected chi connectivity index (χ0v) is 49.4. The van der Waals surface area contributed by atoms with Crippen LogP contribution in [0.3, 0.4) is 0 Å². The number of esters is 1. The molecule has 2 unspecified atom stereocenters. The first-order valence-corrected chi connectivity index (χ1v) is 33.1. The Hall–Kier alpha value is -1.66. The van der Waals surface area contributed by atoms with Crippen LogP contribution in [-0.4, -0.2) is 47.4 Å². The molecule has 0 heterocycles. The van der Waals surface area contributed by atoms with Gasteiger partial charge < -0.3 is 20.3 Å². The fourth-order valence-corrected chi connectivity index (χ4v) is 10.4. The Morgan fingerprint density at radius 2 is 0.685 bits per heavy atom. The lowest BCUT2D eigenvalue weighted by Crippen LogP contribution is -2.45. The third-order valence-corrected chi connectivity index (χ3v) is 15.5. The van der Waals surface area contributed by atoms with Gasteiger partial charge in [-0.3, -0.25) is 9.59 Å². The molecule has 0 aliphatic heterocycles. The molecule has 0 radical (unpaired) electrons. The van der Waals surface area contributed by atoms with E-state index >= 15 is 0 Å². The molecule has 2 atom stereocenters. The summed E-state index contributed by atoms with van der Waals surface area (Å²) >= 11 is 0. The zero-order chi connectivity index (χ0) is 52.9. The van der Waals surface area contributed by atoms with Crippen molar-refractivity contribution in [3.63, 3.8) is 0 Å². The maximum absolute atomic E-state index is 12.4. The van der Waals surface area contributed by atoms with Crippen molar-refractivity contribution >= 4 is 11.9 Å². The number of carbonyl (C=O) groups is 2. The van der Waals surface area contributed by atoms with E-state index in [1.54, 1.807) is 0 Å². The Kier molecular flexibility index (Phi) is 61.4. The second-order valence-electron chi connectivity index (χ2n) is 22.8. The second-order valence-corrected chi connectivity index (χ2v) is 22.8. The Balaban J connectivity index is 3.30. The lowest BCUT2D eigenvalue weighted by atomic mass is 10.0. The molecule has 0 aliphatic rings. The van der Waals surface area contributed by atoms with E-state index in [9.17, 15) is 19.8 Å². The van der Waals surface area contributed by atoms with Crippen LogP contribution in [0.2, 0.25) is 0 Å². The smallest absolute Gasteiger partial charge is 0.305 e. The van der Waals surface area contributed by atoms with E-state index in [1.807, 2.05) is 0 Å². The Bertz CT molecular complexity index is 1140. The van der Waals surface area contributed by atoms with Crippen LogP contribution in [0.4, 0.5) is 0 Å². The van der Waals surface area contributed by atoms with E-state index in [0.717, 1.165) is 51.4 Å². The normalized spacial score (nSPS) is 12.7. The Labute approximate surface area is 456 Å². The van der Waals surface area contributed by atoms with E-state index in [0.29, 0.717) is 25.9 Å². The van der Waals surface area contributed by atoms with Crippen LogP contribution in [0.5, 0.6) is 0 Å². The van der Waals surface area contributed by atoms with Crippen molar-refractivity contribution in [2.24, 2.45) is 0 Å². The fraction of sp³-hybridized carbons (Fsp3) is 0.910. The summed E-state index contributed by atoms with van der Waals surface area (Å²) in [5, 5.41) is 23.1. The summed E-state index contributed by atoms with van der Waals surface area (Å²) < 4.78 is 5.51. The van der Waals surface area contributed by atoms with Crippen molar-refractivity contribution in [2.45, 2.75) is 379 Å². The third kappa shape index (κ3) is 59.4. The molecule has 3 N–H and O–H groups in total. The molecule has 73 heavy (non-hydrogen) atoms. The number of aliphatic hydroxyl groups is 2. The monoisotopic (exact) mass is 1030 g/mol. The van der Waals surface area contributed by atoms with Crippen LogP contribution in [0.15, 0.2) is 24.3 Å². The number of allylic oxidation sites excluding steroid dienone is 4. The summed E-state index contributed by atoms with van der Waals surface area (Å²) in [5.41, 5.74) is 0. The van der Waals surface area contributed by atoms with Gasteiger partial charge in [0.2, 0.25) is 5.91 Å². The molecule has 0 spiro atoms. The van der Waals surface area contributed by atoms with Crippen LogP contribution in [0, 0.1) is 0 Å². The molecule has 432 valence electrons. The predicted octanol–water partition coefficient (Wildman–Crippen LogP) is 21.0. The summed E-state index contributed by atoms with van der Waals surface area (Å²) in [7, 11) is 0. The Morgan fingerprint density at radius 1 is 0.384 bits per heavy atom. The van der Waals surface area contributed by atoms with Crippen molar-refractivity contribution < 1.29 is 24.5 Å². The van der Waals surface area contributed by atoms with E-state index in [4.69, 9.17) is 4.74 Å². The SMILES string of the molecule is CCCCC/C=C\C/C=C\CCCCCCCCCCCC(=O)OCCCCCCCCCCCCCCCCCCCCCCCCCCCCCCC(=O)NC(CO)C(O)CCCCCCCCCCC. The van der Waals surface area contributed by atoms with Gasteiger partial charge >= 0.3 is 5.97 Å². The maximum Gasteiger partial charge on any atom is 0.305 e. The number of hydrogen-bond acceptors (Lipinski definition) is 5. The minimum Gasteiger partial charge on any atom is -0.466 e. The second kappa shape index (κ2) is 62.9. The highest BCUT2D eigenvalue weighted by atomic mass is 16.5. The van der Waals surface area contributed by atoms with Crippen LogP contribution >= 0.6 is 0 Å². The molecule has 0 aliphatic carbocycles. The van der Waals surface area contributed by atoms with E-state index in [1.165, 1.54) is 283 Å². The van der Waals surface area contributed by atoms with Crippen LogP contribution < -0.4 is 5.32 Å². The van der Waals surface area contributed by atoms with Gasteiger partial charge in [0, 0.05) is 12.8 Å². The van der Waals surface area contributed by atoms with Crippen molar-refractivity contribution in [1.82, 2.24) is 5.32 Å². The summed E-state index contributed by atoms with van der Waals surface area (Å²) in [4.78, 5) is 24.5. The summed E-state index contributed by atoms with van der Waals surface area (Å²) in [5.74, 6) is -0.0175. The first kappa shape index (κ1) is 71.3. The zero-order valence-electron chi connectivity index (χ0n) is 49.4. The van der Waals surface area contributed by atoms with Gasteiger partial charge in [-0.2, -0.15) is 0 Å². The van der Waals surface area contributed by atoms with Gasteiger partial charge in [-0.1, -0.05) is 321 Å². The van der Waals surface area contributed by atoms with Gasteiger partial charge in [0.05, 0.1) is 25.4 Å². The number of amides is 1. The molecule has 6 nitrogen and oxygen atoms in total. The largest absolute Gasteiger partial charge is 0.466 e. The molecule has 6 heteroatoms. The summed E-state index contributed by atoms with van der Waals surface area (Å²) in [6.07, 6.45) is 78.0. The number of carbonyl (C=O) groups excluding carboxylic acids is 2. The number of aliphatic hydroxyl groups excluding tert-OH is 2. The molecular weight excluding hydrogens is 899 g/mol. The van der Waals surface area contributed by atoms with Gasteiger partial charge in [-0.15, -0.1) is 0 Å². The van der Waals surface area contributed by atoms with Crippen molar-refractivity contribution in [2.75, 3.05) is 13.2 Å². The standard InChI is InChI=1S/C67H129NO5/c1-3-5-7-9-11-13-14-15-16-17-28-32-35-38-41-45-49-53-57-61-67(72)73-62-58-54-50-46-42-39-36-33-30-27-25-23-21-19-18-20-22-24-26-29-31-34-37-40-44-48-52-56-60-66(71)68-64(63-69)65(70)59-55-51-47-43-12-10-8-6-4-2/h11,13,15-16,64-65,69-70H,3-10,12,14,17-63H2,1-2H3,(H,68,71)/b13-11-,16-15-. The highest BCUT2D eigenvalue weighted by Gasteiger charge is 2.20. The topological polar surface area (TPSA) is 95.9 Å². The minimum absolute atomic E-state index is 0.0154. The third-order valence-electron chi connectivity index (χ3n) is 15.5. The average Bonchev–Trinajstić information content (AvgIpc) is 3.39. The highest BCUT2D eigenvalue weighted by molar-refractivity contribution is 5.76. The molecule has 0 fully saturated rings. The molecule has 0 rings (SSSR count). The van der Waals surface area contributed by atoms with Crippen molar-refractivity contribution in [3.05, 3.63) is 24.3 Å². The first-order valence-electron chi connectivity index (χ1n) is 33.1. The summed E-state index contributed by atoms with van der Waals surface area (Å²) in [6.45, 7) is 4.93. The lowest BCUT2D eigenvalue weighted by Gasteiger charge is -2.22. The molecule has 0 aromatic rings. The van der Waals surface area contributed by atoms with Gasteiger partial charge in [0.25, 0.3) is 0 Å². The van der Waals surface area contributed by atoms with Crippen LogP contribution in [0.25, 0.3) is 0 Å². The highest BCUT2D eigenvalue weighted by Crippen LogP contribution is 2.18. The van der Waals surface area contributed by atoms with Gasteiger partial charge in [0.15, 0.2) is 0 Å². The van der Waals surface area contributed by atoms with Crippen molar-refractivity contribution in [3.8, 4) is 0 Å². The minimum atomic E-state index is -0.659. The quantitative estimate of drug-likeness (QED) is 0.0320. The molecule has 0 aromatic heterocycles. The van der Waals surface area contributed by atoms with Gasteiger partial charge in [0.1, 0.15) is 0 Å². The van der Waals surface area contributed by atoms with Crippen LogP contribution in [-0.2, 0) is 14.3 Å².